The van der Waals surface area contributed by atoms with Gasteiger partial charge in [-0.1, -0.05) is 55.5 Å². The SMILES string of the molecule is CCc1cc(N(CC)Cc2ccc(-c3ccccc3-c3nnn[nH]3)cc2)n2nccc2n1. The molecule has 5 aromatic rings. The quantitative estimate of drug-likeness (QED) is 0.422. The molecule has 0 amide bonds. The summed E-state index contributed by atoms with van der Waals surface area (Å²) >= 11 is 0. The van der Waals surface area contributed by atoms with Gasteiger partial charge < -0.3 is 4.90 Å². The second kappa shape index (κ2) is 8.58. The van der Waals surface area contributed by atoms with E-state index in [1.54, 1.807) is 6.20 Å². The monoisotopic (exact) mass is 424 g/mol. The average Bonchev–Trinajstić information content (AvgIpc) is 3.55. The Labute approximate surface area is 185 Å². The molecule has 3 aromatic heterocycles. The summed E-state index contributed by atoms with van der Waals surface area (Å²) in [6.45, 7) is 5.94. The number of H-pyrrole nitrogens is 1. The summed E-state index contributed by atoms with van der Waals surface area (Å²) in [5.74, 6) is 1.72. The van der Waals surface area contributed by atoms with Gasteiger partial charge in [-0.15, -0.1) is 5.10 Å². The fourth-order valence-corrected chi connectivity index (χ4v) is 3.93. The molecular formula is C24H24N8. The van der Waals surface area contributed by atoms with Crippen molar-refractivity contribution in [3.05, 3.63) is 78.1 Å². The van der Waals surface area contributed by atoms with Gasteiger partial charge in [0.1, 0.15) is 5.82 Å². The summed E-state index contributed by atoms with van der Waals surface area (Å²) in [7, 11) is 0. The van der Waals surface area contributed by atoms with Gasteiger partial charge in [-0.2, -0.15) is 9.61 Å². The molecule has 0 atom stereocenters. The number of benzene rings is 2. The normalized spacial score (nSPS) is 11.2. The lowest BCUT2D eigenvalue weighted by Gasteiger charge is -2.24. The second-order valence-corrected chi connectivity index (χ2v) is 7.57. The second-order valence-electron chi connectivity index (χ2n) is 7.57. The van der Waals surface area contributed by atoms with Gasteiger partial charge in [-0.25, -0.2) is 10.1 Å². The Bertz CT molecular complexity index is 1320. The van der Waals surface area contributed by atoms with Crippen LogP contribution < -0.4 is 4.90 Å². The van der Waals surface area contributed by atoms with E-state index in [9.17, 15) is 0 Å². The third kappa shape index (κ3) is 3.71. The Hall–Kier alpha value is -4.07. The lowest BCUT2D eigenvalue weighted by Crippen LogP contribution is -2.25. The van der Waals surface area contributed by atoms with Crippen LogP contribution in [-0.4, -0.2) is 41.8 Å². The summed E-state index contributed by atoms with van der Waals surface area (Å²) in [6.07, 6.45) is 2.69. The molecule has 0 spiro atoms. The van der Waals surface area contributed by atoms with Crippen LogP contribution in [-0.2, 0) is 13.0 Å². The first kappa shape index (κ1) is 19.9. The van der Waals surface area contributed by atoms with Gasteiger partial charge in [0.05, 0.1) is 6.20 Å². The predicted molar refractivity (Wildman–Crippen MR) is 124 cm³/mol. The van der Waals surface area contributed by atoms with Crippen LogP contribution >= 0.6 is 0 Å². The molecule has 0 unspecified atom stereocenters. The minimum atomic E-state index is 0.662. The first-order valence-corrected chi connectivity index (χ1v) is 10.8. The largest absolute Gasteiger partial charge is 0.352 e. The van der Waals surface area contributed by atoms with E-state index < -0.39 is 0 Å². The van der Waals surface area contributed by atoms with Crippen molar-refractivity contribution in [3.63, 3.8) is 0 Å². The maximum absolute atomic E-state index is 4.67. The molecule has 0 aliphatic carbocycles. The highest BCUT2D eigenvalue weighted by molar-refractivity contribution is 5.80. The van der Waals surface area contributed by atoms with E-state index in [2.05, 4.69) is 85.9 Å². The van der Waals surface area contributed by atoms with E-state index in [4.69, 9.17) is 0 Å². The number of aryl methyl sites for hydroxylation is 1. The van der Waals surface area contributed by atoms with E-state index in [0.717, 1.165) is 53.4 Å². The van der Waals surface area contributed by atoms with Crippen LogP contribution in [0.3, 0.4) is 0 Å². The summed E-state index contributed by atoms with van der Waals surface area (Å²) in [4.78, 5) is 6.99. The van der Waals surface area contributed by atoms with Crippen molar-refractivity contribution in [3.8, 4) is 22.5 Å². The highest BCUT2D eigenvalue weighted by Gasteiger charge is 2.14. The van der Waals surface area contributed by atoms with Crippen molar-refractivity contribution in [2.75, 3.05) is 11.4 Å². The summed E-state index contributed by atoms with van der Waals surface area (Å²) in [5, 5.41) is 18.8. The zero-order chi connectivity index (χ0) is 21.9. The fourth-order valence-electron chi connectivity index (χ4n) is 3.93. The summed E-state index contributed by atoms with van der Waals surface area (Å²) in [5.41, 5.74) is 6.36. The van der Waals surface area contributed by atoms with Gasteiger partial charge >= 0.3 is 0 Å². The van der Waals surface area contributed by atoms with Crippen LogP contribution in [0.1, 0.15) is 25.1 Å². The molecule has 0 radical (unpaired) electrons. The van der Waals surface area contributed by atoms with E-state index in [1.807, 2.05) is 28.8 Å². The van der Waals surface area contributed by atoms with Crippen molar-refractivity contribution in [1.29, 1.82) is 0 Å². The maximum atomic E-state index is 4.67. The van der Waals surface area contributed by atoms with Gasteiger partial charge in [0.25, 0.3) is 0 Å². The third-order valence-corrected chi connectivity index (χ3v) is 5.63. The van der Waals surface area contributed by atoms with Crippen molar-refractivity contribution >= 4 is 11.5 Å². The Balaban J connectivity index is 1.44. The average molecular weight is 425 g/mol. The Kier molecular flexibility index (Phi) is 5.33. The number of hydrogen-bond acceptors (Lipinski definition) is 6. The molecule has 0 aliphatic rings. The van der Waals surface area contributed by atoms with Crippen LogP contribution in [0.2, 0.25) is 0 Å². The lowest BCUT2D eigenvalue weighted by molar-refractivity contribution is 0.771. The molecular weight excluding hydrogens is 400 g/mol. The molecule has 3 heterocycles. The number of anilines is 1. The highest BCUT2D eigenvalue weighted by Crippen LogP contribution is 2.30. The number of nitrogens with zero attached hydrogens (tertiary/aromatic N) is 7. The topological polar surface area (TPSA) is 87.9 Å². The highest BCUT2D eigenvalue weighted by atomic mass is 15.5. The number of nitrogens with one attached hydrogen (secondary N) is 1. The molecule has 5 rings (SSSR count). The smallest absolute Gasteiger partial charge is 0.180 e. The lowest BCUT2D eigenvalue weighted by atomic mass is 9.98. The Morgan fingerprint density at radius 2 is 1.78 bits per heavy atom. The van der Waals surface area contributed by atoms with Crippen LogP contribution in [0.25, 0.3) is 28.2 Å². The number of rotatable bonds is 7. The minimum absolute atomic E-state index is 0.662. The van der Waals surface area contributed by atoms with E-state index in [0.29, 0.717) is 5.82 Å². The molecule has 32 heavy (non-hydrogen) atoms. The number of aromatic nitrogens is 7. The van der Waals surface area contributed by atoms with Gasteiger partial charge in [0, 0.05) is 36.5 Å². The summed E-state index contributed by atoms with van der Waals surface area (Å²) < 4.78 is 1.92. The molecule has 8 nitrogen and oxygen atoms in total. The van der Waals surface area contributed by atoms with Crippen molar-refractivity contribution < 1.29 is 0 Å². The first-order valence-electron chi connectivity index (χ1n) is 10.8. The van der Waals surface area contributed by atoms with Crippen LogP contribution in [0.4, 0.5) is 5.82 Å². The maximum Gasteiger partial charge on any atom is 0.180 e. The molecule has 0 aliphatic heterocycles. The van der Waals surface area contributed by atoms with Crippen molar-refractivity contribution in [2.45, 2.75) is 26.8 Å². The number of fused-ring (bicyclic) bond motifs is 1. The molecule has 2 aromatic carbocycles. The number of hydrogen-bond donors (Lipinski definition) is 1. The standard InChI is InChI=1S/C24H24N8/c1-3-19-15-23(32-22(26-19)13-14-25-32)31(4-2)16-17-9-11-18(12-10-17)20-7-5-6-8-21(20)24-27-29-30-28-24/h5-15H,3-4,16H2,1-2H3,(H,27,28,29,30). The van der Waals surface area contributed by atoms with E-state index in [-0.39, 0.29) is 0 Å². The minimum Gasteiger partial charge on any atom is -0.352 e. The predicted octanol–water partition coefficient (Wildman–Crippen LogP) is 4.17. The fraction of sp³-hybridized carbons (Fsp3) is 0.208. The molecule has 1 N–H and O–H groups in total. The van der Waals surface area contributed by atoms with Gasteiger partial charge in [-0.05, 0) is 40.5 Å². The van der Waals surface area contributed by atoms with E-state index in [1.165, 1.54) is 5.56 Å². The molecule has 0 saturated carbocycles. The van der Waals surface area contributed by atoms with Crippen LogP contribution in [0.5, 0.6) is 0 Å². The Morgan fingerprint density at radius 1 is 0.969 bits per heavy atom. The Morgan fingerprint density at radius 3 is 2.50 bits per heavy atom. The first-order chi connectivity index (χ1) is 15.8. The van der Waals surface area contributed by atoms with Gasteiger partial charge in [-0.3, -0.25) is 0 Å². The van der Waals surface area contributed by atoms with Gasteiger partial charge in [0.15, 0.2) is 11.5 Å². The van der Waals surface area contributed by atoms with Crippen LogP contribution in [0.15, 0.2) is 66.9 Å². The molecule has 8 heteroatoms. The number of aromatic amines is 1. The van der Waals surface area contributed by atoms with Gasteiger partial charge in [0.2, 0.25) is 0 Å². The number of tetrazole rings is 1. The third-order valence-electron chi connectivity index (χ3n) is 5.63. The molecule has 0 bridgehead atoms. The molecule has 160 valence electrons. The molecule has 0 fully saturated rings. The zero-order valence-corrected chi connectivity index (χ0v) is 18.1. The molecule has 0 saturated heterocycles. The van der Waals surface area contributed by atoms with Crippen molar-refractivity contribution in [2.24, 2.45) is 0 Å². The van der Waals surface area contributed by atoms with Crippen molar-refractivity contribution in [1.82, 2.24) is 35.2 Å². The van der Waals surface area contributed by atoms with Crippen LogP contribution in [0, 0.1) is 0 Å². The van der Waals surface area contributed by atoms with E-state index >= 15 is 0 Å². The summed E-state index contributed by atoms with van der Waals surface area (Å²) in [6, 6.07) is 20.9. The zero-order valence-electron chi connectivity index (χ0n) is 18.1.